The maximum Gasteiger partial charge on any atom is 0.311 e. The second-order valence-corrected chi connectivity index (χ2v) is 4.63. The van der Waals surface area contributed by atoms with Gasteiger partial charge in [0, 0.05) is 0 Å². The summed E-state index contributed by atoms with van der Waals surface area (Å²) in [6.07, 6.45) is 0. The van der Waals surface area contributed by atoms with Crippen LogP contribution in [0.4, 0.5) is 0 Å². The minimum absolute atomic E-state index is 0.0995. The molecular formula is C14H17NO5. The molecule has 1 fully saturated rings. The summed E-state index contributed by atoms with van der Waals surface area (Å²) in [4.78, 5) is 22.6. The van der Waals surface area contributed by atoms with Gasteiger partial charge in [0.25, 0.3) is 0 Å². The fourth-order valence-corrected chi connectivity index (χ4v) is 2.02. The van der Waals surface area contributed by atoms with E-state index in [1.165, 1.54) is 0 Å². The van der Waals surface area contributed by atoms with Crippen molar-refractivity contribution in [3.05, 3.63) is 35.9 Å². The Kier molecular flexibility index (Phi) is 5.09. The highest BCUT2D eigenvalue weighted by molar-refractivity contribution is 5.79. The minimum Gasteiger partial charge on any atom is -0.481 e. The molecule has 1 aromatic carbocycles. The van der Waals surface area contributed by atoms with Gasteiger partial charge in [0.2, 0.25) is 5.91 Å². The van der Waals surface area contributed by atoms with E-state index in [4.69, 9.17) is 14.6 Å². The average molecular weight is 279 g/mol. The molecule has 2 N–H and O–H groups in total. The molecule has 108 valence electrons. The SMILES string of the molecule is O=C(COCc1ccccc1)NC1COCC1C(=O)O. The van der Waals surface area contributed by atoms with Crippen molar-refractivity contribution in [1.29, 1.82) is 0 Å². The predicted octanol–water partition coefficient (Wildman–Crippen LogP) is 0.419. The molecule has 0 aliphatic carbocycles. The Morgan fingerprint density at radius 2 is 2.05 bits per heavy atom. The molecule has 6 nitrogen and oxygen atoms in total. The molecule has 1 amide bonds. The van der Waals surface area contributed by atoms with Gasteiger partial charge in [-0.05, 0) is 5.56 Å². The van der Waals surface area contributed by atoms with Crippen molar-refractivity contribution >= 4 is 11.9 Å². The molecule has 2 unspecified atom stereocenters. The molecule has 6 heteroatoms. The van der Waals surface area contributed by atoms with E-state index in [0.29, 0.717) is 6.61 Å². The molecule has 0 saturated carbocycles. The summed E-state index contributed by atoms with van der Waals surface area (Å²) in [7, 11) is 0. The molecule has 0 bridgehead atoms. The van der Waals surface area contributed by atoms with Crippen LogP contribution >= 0.6 is 0 Å². The zero-order chi connectivity index (χ0) is 14.4. The van der Waals surface area contributed by atoms with Crippen LogP contribution in [-0.2, 0) is 25.7 Å². The maximum atomic E-state index is 11.7. The fraction of sp³-hybridized carbons (Fsp3) is 0.429. The highest BCUT2D eigenvalue weighted by Gasteiger charge is 2.34. The number of carbonyl (C=O) groups excluding carboxylic acids is 1. The Bertz CT molecular complexity index is 462. The van der Waals surface area contributed by atoms with E-state index < -0.39 is 17.9 Å². The van der Waals surface area contributed by atoms with E-state index in [0.717, 1.165) is 5.56 Å². The summed E-state index contributed by atoms with van der Waals surface area (Å²) in [6.45, 7) is 0.599. The number of nitrogens with one attached hydrogen (secondary N) is 1. The molecule has 0 radical (unpaired) electrons. The fourth-order valence-electron chi connectivity index (χ4n) is 2.02. The number of benzene rings is 1. The summed E-state index contributed by atoms with van der Waals surface area (Å²) in [5.74, 6) is -1.98. The normalized spacial score (nSPS) is 21.6. The van der Waals surface area contributed by atoms with Gasteiger partial charge in [0.05, 0.1) is 25.9 Å². The van der Waals surface area contributed by atoms with E-state index in [2.05, 4.69) is 5.32 Å². The molecule has 2 atom stereocenters. The van der Waals surface area contributed by atoms with Gasteiger partial charge in [-0.15, -0.1) is 0 Å². The van der Waals surface area contributed by atoms with Crippen molar-refractivity contribution in [3.63, 3.8) is 0 Å². The van der Waals surface area contributed by atoms with Crippen LogP contribution in [0.5, 0.6) is 0 Å². The first-order valence-electron chi connectivity index (χ1n) is 6.38. The minimum atomic E-state index is -0.960. The molecule has 20 heavy (non-hydrogen) atoms. The van der Waals surface area contributed by atoms with Gasteiger partial charge in [0.15, 0.2) is 0 Å². The van der Waals surface area contributed by atoms with E-state index in [9.17, 15) is 9.59 Å². The first-order chi connectivity index (χ1) is 9.66. The van der Waals surface area contributed by atoms with Gasteiger partial charge in [-0.25, -0.2) is 0 Å². The third kappa shape index (κ3) is 4.04. The maximum absolute atomic E-state index is 11.7. The average Bonchev–Trinajstić information content (AvgIpc) is 2.88. The molecule has 1 heterocycles. The number of hydrogen-bond acceptors (Lipinski definition) is 4. The van der Waals surface area contributed by atoms with Gasteiger partial charge >= 0.3 is 5.97 Å². The van der Waals surface area contributed by atoms with E-state index >= 15 is 0 Å². The number of carboxylic acids is 1. The second kappa shape index (κ2) is 7.02. The zero-order valence-corrected chi connectivity index (χ0v) is 11.0. The lowest BCUT2D eigenvalue weighted by molar-refractivity contribution is -0.142. The highest BCUT2D eigenvalue weighted by Crippen LogP contribution is 2.13. The van der Waals surface area contributed by atoms with E-state index in [1.807, 2.05) is 30.3 Å². The number of aliphatic carboxylic acids is 1. The summed E-state index contributed by atoms with van der Waals surface area (Å²) in [5.41, 5.74) is 0.980. The Balaban J connectivity index is 1.71. The van der Waals surface area contributed by atoms with Crippen molar-refractivity contribution in [2.75, 3.05) is 19.8 Å². The number of carbonyl (C=O) groups is 2. The largest absolute Gasteiger partial charge is 0.481 e. The first kappa shape index (κ1) is 14.5. The van der Waals surface area contributed by atoms with Crippen LogP contribution in [0.3, 0.4) is 0 Å². The number of rotatable bonds is 6. The van der Waals surface area contributed by atoms with Crippen molar-refractivity contribution in [2.24, 2.45) is 5.92 Å². The Hall–Kier alpha value is -1.92. The Morgan fingerprint density at radius 1 is 1.30 bits per heavy atom. The highest BCUT2D eigenvalue weighted by atomic mass is 16.5. The van der Waals surface area contributed by atoms with Crippen LogP contribution in [0.25, 0.3) is 0 Å². The van der Waals surface area contributed by atoms with Gasteiger partial charge in [0.1, 0.15) is 12.5 Å². The monoisotopic (exact) mass is 279 g/mol. The number of ether oxygens (including phenoxy) is 2. The number of amides is 1. The van der Waals surface area contributed by atoms with Gasteiger partial charge in [-0.1, -0.05) is 30.3 Å². The number of carboxylic acid groups (broad SMARTS) is 1. The first-order valence-corrected chi connectivity index (χ1v) is 6.38. The quantitative estimate of drug-likeness (QED) is 0.788. The molecular weight excluding hydrogens is 262 g/mol. The zero-order valence-electron chi connectivity index (χ0n) is 11.0. The number of hydrogen-bond donors (Lipinski definition) is 2. The molecule has 1 aromatic rings. The van der Waals surface area contributed by atoms with Crippen LogP contribution in [0.2, 0.25) is 0 Å². The van der Waals surface area contributed by atoms with E-state index in [-0.39, 0.29) is 25.7 Å². The lowest BCUT2D eigenvalue weighted by Crippen LogP contribution is -2.44. The summed E-state index contributed by atoms with van der Waals surface area (Å²) in [6, 6.07) is 9.02. The lowest BCUT2D eigenvalue weighted by atomic mass is 10.0. The van der Waals surface area contributed by atoms with Gasteiger partial charge in [-0.2, -0.15) is 0 Å². The molecule has 0 aromatic heterocycles. The van der Waals surface area contributed by atoms with Gasteiger partial charge in [-0.3, -0.25) is 9.59 Å². The summed E-state index contributed by atoms with van der Waals surface area (Å²) in [5, 5.41) is 11.6. The van der Waals surface area contributed by atoms with Gasteiger partial charge < -0.3 is 19.9 Å². The Morgan fingerprint density at radius 3 is 2.75 bits per heavy atom. The molecule has 1 aliphatic heterocycles. The Labute approximate surface area is 116 Å². The third-order valence-electron chi connectivity index (χ3n) is 3.09. The molecule has 1 saturated heterocycles. The van der Waals surface area contributed by atoms with Crippen molar-refractivity contribution < 1.29 is 24.2 Å². The van der Waals surface area contributed by atoms with Crippen LogP contribution in [0, 0.1) is 5.92 Å². The predicted molar refractivity (Wildman–Crippen MR) is 70.0 cm³/mol. The second-order valence-electron chi connectivity index (χ2n) is 4.63. The summed E-state index contributed by atoms with van der Waals surface area (Å²) < 4.78 is 10.4. The van der Waals surface area contributed by atoms with Crippen LogP contribution in [-0.4, -0.2) is 42.8 Å². The van der Waals surface area contributed by atoms with Crippen molar-refractivity contribution in [3.8, 4) is 0 Å². The van der Waals surface area contributed by atoms with Crippen molar-refractivity contribution in [1.82, 2.24) is 5.32 Å². The molecule has 0 spiro atoms. The third-order valence-corrected chi connectivity index (χ3v) is 3.09. The van der Waals surface area contributed by atoms with Crippen LogP contribution in [0.1, 0.15) is 5.56 Å². The van der Waals surface area contributed by atoms with E-state index in [1.54, 1.807) is 0 Å². The van der Waals surface area contributed by atoms with Crippen molar-refractivity contribution in [2.45, 2.75) is 12.6 Å². The smallest absolute Gasteiger partial charge is 0.311 e. The lowest BCUT2D eigenvalue weighted by Gasteiger charge is -2.15. The standard InChI is InChI=1S/C14H17NO5/c16-13(9-19-6-10-4-2-1-3-5-10)15-12-8-20-7-11(12)14(17)18/h1-5,11-12H,6-9H2,(H,15,16)(H,17,18). The topological polar surface area (TPSA) is 84.9 Å². The molecule has 2 rings (SSSR count). The summed E-state index contributed by atoms with van der Waals surface area (Å²) >= 11 is 0. The molecule has 1 aliphatic rings. The van der Waals surface area contributed by atoms with Crippen LogP contribution < -0.4 is 5.32 Å². The van der Waals surface area contributed by atoms with Crippen LogP contribution in [0.15, 0.2) is 30.3 Å².